The van der Waals surface area contributed by atoms with E-state index >= 15 is 0 Å². The molecule has 0 amide bonds. The predicted molar refractivity (Wildman–Crippen MR) is 70.4 cm³/mol. The molecule has 0 atom stereocenters. The van der Waals surface area contributed by atoms with E-state index in [-0.39, 0.29) is 5.82 Å². The van der Waals surface area contributed by atoms with Gasteiger partial charge >= 0.3 is 0 Å². The summed E-state index contributed by atoms with van der Waals surface area (Å²) in [4.78, 5) is 0. The second kappa shape index (κ2) is 5.31. The molecule has 0 saturated carbocycles. The first kappa shape index (κ1) is 12.8. The van der Waals surface area contributed by atoms with Gasteiger partial charge < -0.3 is 5.32 Å². The van der Waals surface area contributed by atoms with Gasteiger partial charge in [-0.05, 0) is 30.7 Å². The molecule has 0 radical (unpaired) electrons. The number of rotatable bonds is 4. The molecule has 0 unspecified atom stereocenters. The van der Waals surface area contributed by atoms with E-state index in [1.165, 1.54) is 6.07 Å². The highest BCUT2D eigenvalue weighted by atomic mass is 19.1. The SMILES string of the molecule is CNCc1cccc(F)c1-n1ccc(C(C)C)n1. The predicted octanol–water partition coefficient (Wildman–Crippen LogP) is 2.85. The van der Waals surface area contributed by atoms with Gasteiger partial charge in [0, 0.05) is 12.7 Å². The molecule has 2 rings (SSSR count). The van der Waals surface area contributed by atoms with Crippen molar-refractivity contribution in [1.82, 2.24) is 15.1 Å². The lowest BCUT2D eigenvalue weighted by Crippen LogP contribution is -2.11. The first-order valence-corrected chi connectivity index (χ1v) is 6.11. The molecule has 0 spiro atoms. The maximum Gasteiger partial charge on any atom is 0.149 e. The maximum atomic E-state index is 14.0. The van der Waals surface area contributed by atoms with Gasteiger partial charge in [0.05, 0.1) is 5.69 Å². The van der Waals surface area contributed by atoms with Crippen molar-refractivity contribution in [2.45, 2.75) is 26.3 Å². The zero-order chi connectivity index (χ0) is 13.1. The van der Waals surface area contributed by atoms with Crippen LogP contribution in [-0.4, -0.2) is 16.8 Å². The van der Waals surface area contributed by atoms with Crippen LogP contribution >= 0.6 is 0 Å². The summed E-state index contributed by atoms with van der Waals surface area (Å²) in [5, 5.41) is 7.48. The molecule has 4 heteroatoms. The van der Waals surface area contributed by atoms with Gasteiger partial charge in [-0.15, -0.1) is 0 Å². The van der Waals surface area contributed by atoms with Gasteiger partial charge in [0.25, 0.3) is 0 Å². The van der Waals surface area contributed by atoms with E-state index in [2.05, 4.69) is 24.3 Å². The topological polar surface area (TPSA) is 29.9 Å². The molecule has 3 nitrogen and oxygen atoms in total. The second-order valence-corrected chi connectivity index (χ2v) is 4.62. The molecule has 0 aliphatic rings. The number of benzene rings is 1. The molecule has 1 N–H and O–H groups in total. The molecule has 0 aliphatic carbocycles. The fourth-order valence-electron chi connectivity index (χ4n) is 1.92. The minimum Gasteiger partial charge on any atom is -0.316 e. The molecule has 18 heavy (non-hydrogen) atoms. The third kappa shape index (κ3) is 2.43. The van der Waals surface area contributed by atoms with E-state index in [0.29, 0.717) is 18.2 Å². The van der Waals surface area contributed by atoms with Crippen LogP contribution in [0.1, 0.15) is 31.0 Å². The minimum atomic E-state index is -0.249. The molecule has 0 aliphatic heterocycles. The number of hydrogen-bond acceptors (Lipinski definition) is 2. The van der Waals surface area contributed by atoms with Gasteiger partial charge in [-0.25, -0.2) is 9.07 Å². The normalized spacial score (nSPS) is 11.2. The smallest absolute Gasteiger partial charge is 0.149 e. The van der Waals surface area contributed by atoms with Gasteiger partial charge in [-0.1, -0.05) is 26.0 Å². The maximum absolute atomic E-state index is 14.0. The van der Waals surface area contributed by atoms with Crippen LogP contribution in [0.15, 0.2) is 30.5 Å². The van der Waals surface area contributed by atoms with Crippen molar-refractivity contribution in [1.29, 1.82) is 0 Å². The number of aromatic nitrogens is 2. The quantitative estimate of drug-likeness (QED) is 0.900. The van der Waals surface area contributed by atoms with Crippen molar-refractivity contribution in [3.05, 3.63) is 47.5 Å². The molecule has 1 aromatic carbocycles. The summed E-state index contributed by atoms with van der Waals surface area (Å²) in [6, 6.07) is 7.02. The number of hydrogen-bond donors (Lipinski definition) is 1. The van der Waals surface area contributed by atoms with E-state index in [1.54, 1.807) is 10.7 Å². The third-order valence-corrected chi connectivity index (χ3v) is 2.87. The largest absolute Gasteiger partial charge is 0.316 e. The average Bonchev–Trinajstić information content (AvgIpc) is 2.79. The Morgan fingerprint density at radius 2 is 2.11 bits per heavy atom. The summed E-state index contributed by atoms with van der Waals surface area (Å²) >= 11 is 0. The van der Waals surface area contributed by atoms with Crippen molar-refractivity contribution < 1.29 is 4.39 Å². The van der Waals surface area contributed by atoms with Crippen LogP contribution in [0, 0.1) is 5.82 Å². The summed E-state index contributed by atoms with van der Waals surface area (Å²) in [6.45, 7) is 4.76. The zero-order valence-corrected chi connectivity index (χ0v) is 10.9. The standard InChI is InChI=1S/C14H18FN3/c1-10(2)13-7-8-18(17-13)14-11(9-16-3)5-4-6-12(14)15/h4-8,10,16H,9H2,1-3H3. The Hall–Kier alpha value is -1.68. The van der Waals surface area contributed by atoms with Crippen LogP contribution in [-0.2, 0) is 6.54 Å². The molecule has 96 valence electrons. The van der Waals surface area contributed by atoms with Gasteiger partial charge in [0.15, 0.2) is 0 Å². The highest BCUT2D eigenvalue weighted by molar-refractivity contribution is 5.42. The Labute approximate surface area is 107 Å². The molecular weight excluding hydrogens is 229 g/mol. The van der Waals surface area contributed by atoms with Crippen LogP contribution in [0.3, 0.4) is 0 Å². The summed E-state index contributed by atoms with van der Waals surface area (Å²) in [6.07, 6.45) is 1.81. The monoisotopic (exact) mass is 247 g/mol. The Balaban J connectivity index is 2.48. The van der Waals surface area contributed by atoms with Gasteiger partial charge in [-0.3, -0.25) is 0 Å². The summed E-state index contributed by atoms with van der Waals surface area (Å²) in [5.74, 6) is 0.0897. The lowest BCUT2D eigenvalue weighted by atomic mass is 10.1. The van der Waals surface area contributed by atoms with Crippen molar-refractivity contribution in [3.63, 3.8) is 0 Å². The fraction of sp³-hybridized carbons (Fsp3) is 0.357. The number of para-hydroxylation sites is 1. The van der Waals surface area contributed by atoms with E-state index in [0.717, 1.165) is 11.3 Å². The Morgan fingerprint density at radius 1 is 1.33 bits per heavy atom. The minimum absolute atomic E-state index is 0.249. The lowest BCUT2D eigenvalue weighted by Gasteiger charge is -2.10. The average molecular weight is 247 g/mol. The van der Waals surface area contributed by atoms with Crippen LogP contribution < -0.4 is 5.32 Å². The highest BCUT2D eigenvalue weighted by Crippen LogP contribution is 2.20. The Kier molecular flexibility index (Phi) is 3.77. The van der Waals surface area contributed by atoms with Crippen LogP contribution in [0.25, 0.3) is 5.69 Å². The lowest BCUT2D eigenvalue weighted by molar-refractivity contribution is 0.602. The van der Waals surface area contributed by atoms with Gasteiger partial charge in [0.1, 0.15) is 11.5 Å². The molecule has 0 fully saturated rings. The van der Waals surface area contributed by atoms with E-state index < -0.39 is 0 Å². The van der Waals surface area contributed by atoms with Crippen molar-refractivity contribution in [2.24, 2.45) is 0 Å². The summed E-state index contributed by atoms with van der Waals surface area (Å²) < 4.78 is 15.6. The first-order chi connectivity index (χ1) is 8.63. The van der Waals surface area contributed by atoms with Crippen molar-refractivity contribution in [2.75, 3.05) is 7.05 Å². The van der Waals surface area contributed by atoms with E-state index in [4.69, 9.17) is 0 Å². The first-order valence-electron chi connectivity index (χ1n) is 6.11. The van der Waals surface area contributed by atoms with Crippen LogP contribution in [0.5, 0.6) is 0 Å². The number of nitrogens with zero attached hydrogens (tertiary/aromatic N) is 2. The van der Waals surface area contributed by atoms with Crippen LogP contribution in [0.4, 0.5) is 4.39 Å². The Morgan fingerprint density at radius 3 is 2.72 bits per heavy atom. The number of halogens is 1. The summed E-state index contributed by atoms with van der Waals surface area (Å²) in [5.41, 5.74) is 2.39. The van der Waals surface area contributed by atoms with E-state index in [1.807, 2.05) is 25.4 Å². The van der Waals surface area contributed by atoms with Gasteiger partial charge in [-0.2, -0.15) is 5.10 Å². The van der Waals surface area contributed by atoms with Crippen molar-refractivity contribution >= 4 is 0 Å². The molecular formula is C14H18FN3. The van der Waals surface area contributed by atoms with E-state index in [9.17, 15) is 4.39 Å². The molecule has 0 bridgehead atoms. The molecule has 1 aromatic heterocycles. The molecule has 1 heterocycles. The molecule has 2 aromatic rings. The summed E-state index contributed by atoms with van der Waals surface area (Å²) in [7, 11) is 1.84. The number of nitrogens with one attached hydrogen (secondary N) is 1. The Bertz CT molecular complexity index is 532. The second-order valence-electron chi connectivity index (χ2n) is 4.62. The fourth-order valence-corrected chi connectivity index (χ4v) is 1.92. The highest BCUT2D eigenvalue weighted by Gasteiger charge is 2.12. The van der Waals surface area contributed by atoms with Crippen molar-refractivity contribution in [3.8, 4) is 5.69 Å². The van der Waals surface area contributed by atoms with Gasteiger partial charge in [0.2, 0.25) is 0 Å². The van der Waals surface area contributed by atoms with Crippen LogP contribution in [0.2, 0.25) is 0 Å². The third-order valence-electron chi connectivity index (χ3n) is 2.87. The molecule has 0 saturated heterocycles. The zero-order valence-electron chi connectivity index (χ0n) is 10.9.